The van der Waals surface area contributed by atoms with Crippen LogP contribution in [0.15, 0.2) is 60.7 Å². The Kier molecular flexibility index (Phi) is 8.44. The summed E-state index contributed by atoms with van der Waals surface area (Å²) in [5, 5.41) is 2.92. The van der Waals surface area contributed by atoms with Crippen LogP contribution >= 0.6 is 0 Å². The Morgan fingerprint density at radius 1 is 0.909 bits per heavy atom. The second-order valence-corrected chi connectivity index (χ2v) is 8.12. The van der Waals surface area contributed by atoms with Crippen LogP contribution in [-0.4, -0.2) is 29.7 Å². The SMILES string of the molecule is CCOc1ccc(Oc2ccc(NC(=O)c3ccc(CC(C)OC(C)C)nc3C)cc2)cc1. The average Bonchev–Trinajstić information content (AvgIpc) is 2.76. The fourth-order valence-corrected chi connectivity index (χ4v) is 3.49. The number of aryl methyl sites for hydroxylation is 1. The minimum absolute atomic E-state index is 0.0694. The molecule has 0 fully saturated rings. The van der Waals surface area contributed by atoms with Gasteiger partial charge in [-0.2, -0.15) is 0 Å². The number of nitrogens with one attached hydrogen (secondary N) is 1. The molecule has 0 aliphatic rings. The fraction of sp³-hybridized carbons (Fsp3) is 0.333. The van der Waals surface area contributed by atoms with Crippen LogP contribution < -0.4 is 14.8 Å². The molecule has 0 aliphatic carbocycles. The van der Waals surface area contributed by atoms with Gasteiger partial charge in [-0.3, -0.25) is 9.78 Å². The van der Waals surface area contributed by atoms with E-state index in [9.17, 15) is 4.79 Å². The van der Waals surface area contributed by atoms with E-state index in [1.54, 1.807) is 0 Å². The molecule has 0 spiro atoms. The summed E-state index contributed by atoms with van der Waals surface area (Å²) in [7, 11) is 0. The van der Waals surface area contributed by atoms with E-state index in [0.29, 0.717) is 41.5 Å². The minimum Gasteiger partial charge on any atom is -0.494 e. The third-order valence-electron chi connectivity index (χ3n) is 4.87. The van der Waals surface area contributed by atoms with Gasteiger partial charge < -0.3 is 19.5 Å². The van der Waals surface area contributed by atoms with Gasteiger partial charge in [0.05, 0.1) is 30.1 Å². The van der Waals surface area contributed by atoms with E-state index in [2.05, 4.69) is 10.3 Å². The van der Waals surface area contributed by atoms with Crippen molar-refractivity contribution < 1.29 is 19.0 Å². The predicted octanol–water partition coefficient (Wildman–Crippen LogP) is 6.19. The molecule has 1 heterocycles. The Hall–Kier alpha value is -3.38. The summed E-state index contributed by atoms with van der Waals surface area (Å²) in [6, 6.07) is 18.4. The van der Waals surface area contributed by atoms with Gasteiger partial charge in [0, 0.05) is 17.8 Å². The first-order chi connectivity index (χ1) is 15.8. The molecule has 1 N–H and O–H groups in total. The van der Waals surface area contributed by atoms with E-state index in [0.717, 1.165) is 11.4 Å². The molecule has 1 atom stereocenters. The molecule has 3 rings (SSSR count). The van der Waals surface area contributed by atoms with Crippen molar-refractivity contribution in [1.29, 1.82) is 0 Å². The molecule has 33 heavy (non-hydrogen) atoms. The van der Waals surface area contributed by atoms with Gasteiger partial charge in [-0.15, -0.1) is 0 Å². The number of benzene rings is 2. The minimum atomic E-state index is -0.196. The van der Waals surface area contributed by atoms with Crippen LogP contribution in [0.3, 0.4) is 0 Å². The van der Waals surface area contributed by atoms with Gasteiger partial charge in [-0.05, 0) is 95.3 Å². The zero-order chi connectivity index (χ0) is 23.8. The summed E-state index contributed by atoms with van der Waals surface area (Å²) >= 11 is 0. The Balaban J connectivity index is 1.58. The van der Waals surface area contributed by atoms with E-state index in [1.165, 1.54) is 0 Å². The predicted molar refractivity (Wildman–Crippen MR) is 130 cm³/mol. The van der Waals surface area contributed by atoms with Gasteiger partial charge in [-0.25, -0.2) is 0 Å². The van der Waals surface area contributed by atoms with Crippen LogP contribution in [0, 0.1) is 6.92 Å². The molecule has 0 aliphatic heterocycles. The van der Waals surface area contributed by atoms with Crippen molar-refractivity contribution in [3.63, 3.8) is 0 Å². The average molecular weight is 449 g/mol. The maximum atomic E-state index is 12.8. The van der Waals surface area contributed by atoms with Crippen molar-refractivity contribution in [1.82, 2.24) is 4.98 Å². The van der Waals surface area contributed by atoms with Crippen LogP contribution in [0.1, 0.15) is 49.4 Å². The molecule has 0 saturated heterocycles. The Bertz CT molecular complexity index is 1050. The molecule has 0 saturated carbocycles. The number of carbonyl (C=O) groups excluding carboxylic acids is 1. The highest BCUT2D eigenvalue weighted by molar-refractivity contribution is 6.05. The van der Waals surface area contributed by atoms with E-state index in [-0.39, 0.29) is 18.1 Å². The summed E-state index contributed by atoms with van der Waals surface area (Å²) in [4.78, 5) is 17.3. The van der Waals surface area contributed by atoms with Gasteiger partial charge in [0.2, 0.25) is 0 Å². The molecule has 6 heteroatoms. The highest BCUT2D eigenvalue weighted by Crippen LogP contribution is 2.25. The summed E-state index contributed by atoms with van der Waals surface area (Å²) in [6.45, 7) is 10.5. The number of aromatic nitrogens is 1. The molecule has 1 aromatic heterocycles. The summed E-state index contributed by atoms with van der Waals surface area (Å²) in [5.41, 5.74) is 2.83. The molecule has 2 aromatic carbocycles. The van der Waals surface area contributed by atoms with E-state index >= 15 is 0 Å². The van der Waals surface area contributed by atoms with Gasteiger partial charge in [0.1, 0.15) is 17.2 Å². The third-order valence-corrected chi connectivity index (χ3v) is 4.87. The molecule has 0 radical (unpaired) electrons. The lowest BCUT2D eigenvalue weighted by Gasteiger charge is -2.16. The zero-order valence-electron chi connectivity index (χ0n) is 19.9. The van der Waals surface area contributed by atoms with Crippen LogP contribution in [-0.2, 0) is 11.2 Å². The molecule has 6 nitrogen and oxygen atoms in total. The lowest BCUT2D eigenvalue weighted by molar-refractivity contribution is 0.0190. The van der Waals surface area contributed by atoms with E-state index in [1.807, 2.05) is 95.3 Å². The van der Waals surface area contributed by atoms with Crippen LogP contribution in [0.2, 0.25) is 0 Å². The van der Waals surface area contributed by atoms with E-state index in [4.69, 9.17) is 14.2 Å². The maximum Gasteiger partial charge on any atom is 0.257 e. The number of amides is 1. The van der Waals surface area contributed by atoms with Crippen molar-refractivity contribution in [3.05, 3.63) is 77.6 Å². The monoisotopic (exact) mass is 448 g/mol. The highest BCUT2D eigenvalue weighted by Gasteiger charge is 2.13. The summed E-state index contributed by atoms with van der Waals surface area (Å²) < 4.78 is 17.1. The first kappa shape index (κ1) is 24.3. The number of anilines is 1. The van der Waals surface area contributed by atoms with Gasteiger partial charge >= 0.3 is 0 Å². The van der Waals surface area contributed by atoms with Gasteiger partial charge in [-0.1, -0.05) is 0 Å². The quantitative estimate of drug-likeness (QED) is 0.400. The van der Waals surface area contributed by atoms with Crippen molar-refractivity contribution in [2.24, 2.45) is 0 Å². The van der Waals surface area contributed by atoms with E-state index < -0.39 is 0 Å². The highest BCUT2D eigenvalue weighted by atomic mass is 16.5. The Labute approximate surface area is 195 Å². The van der Waals surface area contributed by atoms with Crippen molar-refractivity contribution in [2.45, 2.75) is 53.2 Å². The first-order valence-electron chi connectivity index (χ1n) is 11.3. The molecular weight excluding hydrogens is 416 g/mol. The summed E-state index contributed by atoms with van der Waals surface area (Å²) in [5.74, 6) is 2.00. The number of pyridine rings is 1. The number of rotatable bonds is 10. The lowest BCUT2D eigenvalue weighted by Crippen LogP contribution is -2.18. The van der Waals surface area contributed by atoms with Crippen LogP contribution in [0.5, 0.6) is 17.2 Å². The van der Waals surface area contributed by atoms with Crippen LogP contribution in [0.4, 0.5) is 5.69 Å². The Morgan fingerprint density at radius 2 is 1.52 bits per heavy atom. The fourth-order valence-electron chi connectivity index (χ4n) is 3.49. The molecule has 174 valence electrons. The number of ether oxygens (including phenoxy) is 3. The van der Waals surface area contributed by atoms with Gasteiger partial charge in [0.15, 0.2) is 0 Å². The number of hydrogen-bond donors (Lipinski definition) is 1. The molecule has 1 unspecified atom stereocenters. The topological polar surface area (TPSA) is 69.7 Å². The normalized spacial score (nSPS) is 11.8. The number of carbonyl (C=O) groups is 1. The van der Waals surface area contributed by atoms with Crippen molar-refractivity contribution in [3.8, 4) is 17.2 Å². The largest absolute Gasteiger partial charge is 0.494 e. The summed E-state index contributed by atoms with van der Waals surface area (Å²) in [6.07, 6.45) is 0.945. The number of nitrogens with zero attached hydrogens (tertiary/aromatic N) is 1. The van der Waals surface area contributed by atoms with Crippen LogP contribution in [0.25, 0.3) is 0 Å². The second kappa shape index (κ2) is 11.5. The second-order valence-electron chi connectivity index (χ2n) is 8.12. The van der Waals surface area contributed by atoms with Crippen molar-refractivity contribution in [2.75, 3.05) is 11.9 Å². The third kappa shape index (κ3) is 7.32. The van der Waals surface area contributed by atoms with Gasteiger partial charge in [0.25, 0.3) is 5.91 Å². The molecule has 1 amide bonds. The first-order valence-corrected chi connectivity index (χ1v) is 11.3. The number of hydrogen-bond acceptors (Lipinski definition) is 5. The maximum absolute atomic E-state index is 12.8. The molecule has 3 aromatic rings. The molecule has 0 bridgehead atoms. The van der Waals surface area contributed by atoms with Crippen molar-refractivity contribution >= 4 is 11.6 Å². The zero-order valence-corrected chi connectivity index (χ0v) is 19.9. The smallest absolute Gasteiger partial charge is 0.257 e. The molecular formula is C27H32N2O4. The standard InChI is InChI=1S/C27H32N2O4/c1-6-31-23-12-14-25(15-13-23)33-24-10-7-21(8-11-24)29-27(30)26-16-9-22(28-20(26)5)17-19(4)32-18(2)3/h7-16,18-19H,6,17H2,1-5H3,(H,29,30). The Morgan fingerprint density at radius 3 is 2.09 bits per heavy atom. The lowest BCUT2D eigenvalue weighted by atomic mass is 10.1.